The van der Waals surface area contributed by atoms with Crippen LogP contribution in [0.2, 0.25) is 0 Å². The summed E-state index contributed by atoms with van der Waals surface area (Å²) in [5.41, 5.74) is 1.30. The van der Waals surface area contributed by atoms with E-state index in [9.17, 15) is 19.7 Å². The molecule has 0 amide bonds. The summed E-state index contributed by atoms with van der Waals surface area (Å²) < 4.78 is 16.3. The van der Waals surface area contributed by atoms with Crippen LogP contribution < -0.4 is 0 Å². The zero-order valence-electron chi connectivity index (χ0n) is 18.1. The van der Waals surface area contributed by atoms with Crippen molar-refractivity contribution >= 4 is 23.3 Å². The van der Waals surface area contributed by atoms with Gasteiger partial charge in [0.05, 0.1) is 16.6 Å². The molecule has 2 aliphatic heterocycles. The van der Waals surface area contributed by atoms with Gasteiger partial charge in [0.15, 0.2) is 0 Å². The lowest BCUT2D eigenvalue weighted by atomic mass is 9.75. The molecule has 2 aliphatic rings. The van der Waals surface area contributed by atoms with Crippen LogP contribution in [0.5, 0.6) is 0 Å². The Bertz CT molecular complexity index is 976. The van der Waals surface area contributed by atoms with E-state index in [0.29, 0.717) is 23.6 Å². The summed E-state index contributed by atoms with van der Waals surface area (Å²) in [4.78, 5) is 41.3. The van der Waals surface area contributed by atoms with Gasteiger partial charge in [0.1, 0.15) is 19.1 Å². The van der Waals surface area contributed by atoms with Crippen molar-refractivity contribution in [3.63, 3.8) is 0 Å². The highest BCUT2D eigenvalue weighted by Gasteiger charge is 2.43. The summed E-state index contributed by atoms with van der Waals surface area (Å²) in [6.45, 7) is 7.57. The Kier molecular flexibility index (Phi) is 7.53. The van der Waals surface area contributed by atoms with Gasteiger partial charge in [0, 0.05) is 36.1 Å². The Hall–Kier alpha value is -3.33. The minimum Gasteiger partial charge on any atom is -0.461 e. The van der Waals surface area contributed by atoms with Gasteiger partial charge in [0.2, 0.25) is 0 Å². The SMILES string of the molecule is C=CCOC(=O)C1C(C)=NC(C)=C(C(=O)OC[C@@H]2CCCO2)[C@@H]1c1cccc([N+](=O)[O-])c1. The van der Waals surface area contributed by atoms with E-state index in [4.69, 9.17) is 14.2 Å². The number of ether oxygens (including phenoxy) is 3. The molecule has 0 bridgehead atoms. The Morgan fingerprint density at radius 2 is 2.12 bits per heavy atom. The van der Waals surface area contributed by atoms with E-state index in [2.05, 4.69) is 11.6 Å². The number of carbonyl (C=O) groups excluding carboxylic acids is 2. The minimum atomic E-state index is -0.939. The van der Waals surface area contributed by atoms with E-state index in [-0.39, 0.29) is 30.6 Å². The topological polar surface area (TPSA) is 117 Å². The number of allylic oxidation sites excluding steroid dienone is 1. The molecule has 170 valence electrons. The maximum Gasteiger partial charge on any atom is 0.336 e. The first-order valence-electron chi connectivity index (χ1n) is 10.4. The van der Waals surface area contributed by atoms with E-state index < -0.39 is 28.7 Å². The van der Waals surface area contributed by atoms with Crippen LogP contribution in [0.4, 0.5) is 5.69 Å². The molecule has 9 nitrogen and oxygen atoms in total. The van der Waals surface area contributed by atoms with Gasteiger partial charge in [-0.1, -0.05) is 24.8 Å². The van der Waals surface area contributed by atoms with Gasteiger partial charge in [-0.05, 0) is 32.3 Å². The molecule has 0 radical (unpaired) electrons. The minimum absolute atomic E-state index is 0.00817. The number of benzene rings is 1. The predicted molar refractivity (Wildman–Crippen MR) is 116 cm³/mol. The number of rotatable bonds is 8. The van der Waals surface area contributed by atoms with Crippen molar-refractivity contribution in [3.8, 4) is 0 Å². The van der Waals surface area contributed by atoms with Crippen LogP contribution in [0.1, 0.15) is 38.2 Å². The molecular formula is C23H26N2O7. The summed E-state index contributed by atoms with van der Waals surface area (Å²) in [6.07, 6.45) is 2.97. The van der Waals surface area contributed by atoms with E-state index in [1.165, 1.54) is 24.3 Å². The molecule has 0 spiro atoms. The van der Waals surface area contributed by atoms with Gasteiger partial charge in [-0.25, -0.2) is 4.79 Å². The molecule has 1 aromatic rings. The van der Waals surface area contributed by atoms with Crippen molar-refractivity contribution in [2.75, 3.05) is 19.8 Å². The van der Waals surface area contributed by atoms with Crippen LogP contribution in [0, 0.1) is 16.0 Å². The Morgan fingerprint density at radius 1 is 1.34 bits per heavy atom. The second-order valence-corrected chi connectivity index (χ2v) is 7.71. The Morgan fingerprint density at radius 3 is 2.78 bits per heavy atom. The average molecular weight is 442 g/mol. The number of esters is 2. The van der Waals surface area contributed by atoms with Gasteiger partial charge in [-0.3, -0.25) is 19.9 Å². The third kappa shape index (κ3) is 5.11. The van der Waals surface area contributed by atoms with E-state index >= 15 is 0 Å². The molecule has 3 rings (SSSR count). The molecule has 0 aromatic heterocycles. The molecule has 1 saturated heterocycles. The molecular weight excluding hydrogens is 416 g/mol. The summed E-state index contributed by atoms with van der Waals surface area (Å²) >= 11 is 0. The monoisotopic (exact) mass is 442 g/mol. The van der Waals surface area contributed by atoms with E-state index in [1.54, 1.807) is 19.9 Å². The van der Waals surface area contributed by atoms with Crippen LogP contribution in [0.15, 0.2) is 53.2 Å². The third-order valence-electron chi connectivity index (χ3n) is 5.51. The zero-order valence-corrected chi connectivity index (χ0v) is 18.1. The summed E-state index contributed by atoms with van der Waals surface area (Å²) in [5.74, 6) is -3.01. The van der Waals surface area contributed by atoms with Crippen molar-refractivity contribution in [1.29, 1.82) is 0 Å². The molecule has 3 atom stereocenters. The van der Waals surface area contributed by atoms with Crippen LogP contribution in [-0.4, -0.2) is 48.5 Å². The van der Waals surface area contributed by atoms with Crippen molar-refractivity contribution in [3.05, 3.63) is 63.9 Å². The quantitative estimate of drug-likeness (QED) is 0.262. The van der Waals surface area contributed by atoms with Gasteiger partial charge in [0.25, 0.3) is 5.69 Å². The second kappa shape index (κ2) is 10.3. The summed E-state index contributed by atoms with van der Waals surface area (Å²) in [6, 6.07) is 5.87. The molecule has 1 aromatic carbocycles. The molecule has 2 heterocycles. The maximum atomic E-state index is 13.1. The van der Waals surface area contributed by atoms with Crippen LogP contribution in [0.3, 0.4) is 0 Å². The first kappa shape index (κ1) is 23.3. The lowest BCUT2D eigenvalue weighted by molar-refractivity contribution is -0.384. The number of hydrogen-bond acceptors (Lipinski definition) is 8. The van der Waals surface area contributed by atoms with Crippen molar-refractivity contribution < 1.29 is 28.7 Å². The number of nitro groups is 1. The lowest BCUT2D eigenvalue weighted by Gasteiger charge is -2.31. The van der Waals surface area contributed by atoms with Crippen LogP contribution >= 0.6 is 0 Å². The van der Waals surface area contributed by atoms with Crippen molar-refractivity contribution in [1.82, 2.24) is 0 Å². The molecule has 0 saturated carbocycles. The Balaban J connectivity index is 2.01. The van der Waals surface area contributed by atoms with Crippen molar-refractivity contribution in [2.45, 2.75) is 38.7 Å². The lowest BCUT2D eigenvalue weighted by Crippen LogP contribution is -2.37. The molecule has 0 aliphatic carbocycles. The fourth-order valence-electron chi connectivity index (χ4n) is 4.05. The predicted octanol–water partition coefficient (Wildman–Crippen LogP) is 3.49. The fourth-order valence-corrected chi connectivity index (χ4v) is 4.05. The molecule has 9 heteroatoms. The molecule has 1 unspecified atom stereocenters. The molecule has 32 heavy (non-hydrogen) atoms. The Labute approximate surface area is 185 Å². The van der Waals surface area contributed by atoms with Crippen molar-refractivity contribution in [2.24, 2.45) is 10.9 Å². The van der Waals surface area contributed by atoms with Crippen LogP contribution in [0.25, 0.3) is 0 Å². The van der Waals surface area contributed by atoms with E-state index in [1.807, 2.05) is 0 Å². The number of non-ortho nitro benzene ring substituents is 1. The van der Waals surface area contributed by atoms with Gasteiger partial charge < -0.3 is 14.2 Å². The first-order valence-corrected chi connectivity index (χ1v) is 10.4. The summed E-state index contributed by atoms with van der Waals surface area (Å²) in [7, 11) is 0. The zero-order chi connectivity index (χ0) is 23.3. The number of hydrogen-bond donors (Lipinski definition) is 0. The number of nitro benzene ring substituents is 1. The smallest absolute Gasteiger partial charge is 0.336 e. The molecule has 0 N–H and O–H groups in total. The highest BCUT2D eigenvalue weighted by atomic mass is 16.6. The van der Waals surface area contributed by atoms with E-state index in [0.717, 1.165) is 12.8 Å². The summed E-state index contributed by atoms with van der Waals surface area (Å²) in [5, 5.41) is 11.3. The number of carbonyl (C=O) groups is 2. The third-order valence-corrected chi connectivity index (χ3v) is 5.51. The largest absolute Gasteiger partial charge is 0.461 e. The normalized spacial score (nSPS) is 22.8. The average Bonchev–Trinajstić information content (AvgIpc) is 3.29. The highest BCUT2D eigenvalue weighted by molar-refractivity contribution is 6.07. The maximum absolute atomic E-state index is 13.1. The number of aliphatic imine (C=N–C) groups is 1. The molecule has 1 fully saturated rings. The van der Waals surface area contributed by atoms with Crippen LogP contribution in [-0.2, 0) is 23.8 Å². The van der Waals surface area contributed by atoms with Gasteiger partial charge in [-0.15, -0.1) is 0 Å². The fraction of sp³-hybridized carbons (Fsp3) is 0.435. The number of nitrogens with zero attached hydrogens (tertiary/aromatic N) is 2. The van der Waals surface area contributed by atoms with Gasteiger partial charge in [-0.2, -0.15) is 0 Å². The highest BCUT2D eigenvalue weighted by Crippen LogP contribution is 2.41. The first-order chi connectivity index (χ1) is 15.3. The standard InChI is InChI=1S/C23H26N2O7/c1-4-10-31-22(26)19-14(2)24-15(3)20(23(27)32-13-18-9-6-11-30-18)21(19)16-7-5-8-17(12-16)25(28)29/h4-5,7-8,12,18-19,21H,1,6,9-11,13H2,2-3H3/t18-,19?,21+/m0/s1. The second-order valence-electron chi connectivity index (χ2n) is 7.71. The van der Waals surface area contributed by atoms with Gasteiger partial charge >= 0.3 is 11.9 Å².